The molecule has 0 aromatic heterocycles. The number of anilines is 1. The zero-order chi connectivity index (χ0) is 13.5. The Morgan fingerprint density at radius 3 is 2.84 bits per heavy atom. The lowest BCUT2D eigenvalue weighted by Gasteiger charge is -2.10. The Labute approximate surface area is 113 Å². The van der Waals surface area contributed by atoms with Gasteiger partial charge in [0.05, 0.1) is 11.6 Å². The highest BCUT2D eigenvalue weighted by atomic mass is 16.2. The van der Waals surface area contributed by atoms with Crippen LogP contribution in [0.15, 0.2) is 24.3 Å². The number of nitrogens with one attached hydrogen (secondary N) is 3. The zero-order valence-corrected chi connectivity index (χ0v) is 10.8. The van der Waals surface area contributed by atoms with Crippen molar-refractivity contribution < 1.29 is 4.79 Å². The van der Waals surface area contributed by atoms with Gasteiger partial charge in [0.25, 0.3) is 0 Å². The summed E-state index contributed by atoms with van der Waals surface area (Å²) in [7, 11) is 0. The predicted octanol–water partition coefficient (Wildman–Crippen LogP) is 1.68. The maximum atomic E-state index is 11.6. The Bertz CT molecular complexity index is 457. The van der Waals surface area contributed by atoms with E-state index in [0.717, 1.165) is 19.5 Å². The number of nitriles is 1. The lowest BCUT2D eigenvalue weighted by molar-refractivity contribution is 0.251. The molecule has 1 heterocycles. The van der Waals surface area contributed by atoms with Gasteiger partial charge in [0, 0.05) is 12.2 Å². The van der Waals surface area contributed by atoms with Crippen LogP contribution in [0.5, 0.6) is 0 Å². The fourth-order valence-corrected chi connectivity index (χ4v) is 2.15. The van der Waals surface area contributed by atoms with Crippen molar-refractivity contribution in [2.45, 2.75) is 12.8 Å². The lowest BCUT2D eigenvalue weighted by atomic mass is 10.1. The van der Waals surface area contributed by atoms with Gasteiger partial charge >= 0.3 is 6.03 Å². The van der Waals surface area contributed by atoms with Crippen LogP contribution in [0.3, 0.4) is 0 Å². The topological polar surface area (TPSA) is 77.0 Å². The molecule has 1 atom stereocenters. The second-order valence-electron chi connectivity index (χ2n) is 4.72. The molecule has 2 rings (SSSR count). The fourth-order valence-electron chi connectivity index (χ4n) is 2.15. The van der Waals surface area contributed by atoms with Crippen molar-refractivity contribution in [3.8, 4) is 6.07 Å². The van der Waals surface area contributed by atoms with Crippen molar-refractivity contribution >= 4 is 11.7 Å². The summed E-state index contributed by atoms with van der Waals surface area (Å²) >= 11 is 0. The highest BCUT2D eigenvalue weighted by Gasteiger charge is 2.13. The number of urea groups is 1. The van der Waals surface area contributed by atoms with Crippen molar-refractivity contribution in [1.82, 2.24) is 10.6 Å². The van der Waals surface area contributed by atoms with Gasteiger partial charge in [-0.2, -0.15) is 5.26 Å². The first-order chi connectivity index (χ1) is 9.28. The third-order valence-electron chi connectivity index (χ3n) is 3.27. The Morgan fingerprint density at radius 1 is 1.42 bits per heavy atom. The molecule has 19 heavy (non-hydrogen) atoms. The van der Waals surface area contributed by atoms with Crippen LogP contribution >= 0.6 is 0 Å². The van der Waals surface area contributed by atoms with E-state index in [9.17, 15) is 4.79 Å². The van der Waals surface area contributed by atoms with Gasteiger partial charge in [-0.3, -0.25) is 0 Å². The van der Waals surface area contributed by atoms with Crippen LogP contribution in [-0.4, -0.2) is 25.7 Å². The quantitative estimate of drug-likeness (QED) is 0.769. The summed E-state index contributed by atoms with van der Waals surface area (Å²) in [4.78, 5) is 11.6. The third kappa shape index (κ3) is 4.27. The van der Waals surface area contributed by atoms with E-state index in [-0.39, 0.29) is 6.03 Å². The third-order valence-corrected chi connectivity index (χ3v) is 3.27. The zero-order valence-electron chi connectivity index (χ0n) is 10.8. The van der Waals surface area contributed by atoms with E-state index in [1.807, 2.05) is 6.07 Å². The van der Waals surface area contributed by atoms with Gasteiger partial charge in [-0.05, 0) is 56.1 Å². The molecule has 1 aromatic carbocycles. The smallest absolute Gasteiger partial charge is 0.319 e. The summed E-state index contributed by atoms with van der Waals surface area (Å²) in [6.07, 6.45) is 2.20. The molecule has 1 aliphatic rings. The minimum atomic E-state index is -0.198. The molecule has 0 radical (unpaired) electrons. The highest BCUT2D eigenvalue weighted by molar-refractivity contribution is 5.89. The summed E-state index contributed by atoms with van der Waals surface area (Å²) < 4.78 is 0. The standard InChI is InChI=1S/C14H18N4O/c15-9-11-1-3-13(4-2-11)18-14(19)17-8-6-12-5-7-16-10-12/h1-4,12,16H,5-8,10H2,(H2,17,18,19). The van der Waals surface area contributed by atoms with E-state index < -0.39 is 0 Å². The predicted molar refractivity (Wildman–Crippen MR) is 73.8 cm³/mol. The van der Waals surface area contributed by atoms with Gasteiger partial charge in [-0.25, -0.2) is 4.79 Å². The van der Waals surface area contributed by atoms with E-state index in [1.165, 1.54) is 6.42 Å². The highest BCUT2D eigenvalue weighted by Crippen LogP contribution is 2.11. The molecule has 1 aliphatic heterocycles. The monoisotopic (exact) mass is 258 g/mol. The molecule has 2 amide bonds. The molecule has 100 valence electrons. The average molecular weight is 258 g/mol. The Hall–Kier alpha value is -2.06. The molecule has 0 saturated carbocycles. The van der Waals surface area contributed by atoms with Gasteiger partial charge in [-0.15, -0.1) is 0 Å². The van der Waals surface area contributed by atoms with E-state index in [0.29, 0.717) is 23.7 Å². The molecule has 1 saturated heterocycles. The molecule has 1 aromatic rings. The minimum absolute atomic E-state index is 0.198. The summed E-state index contributed by atoms with van der Waals surface area (Å²) in [5.74, 6) is 0.676. The molecule has 0 spiro atoms. The number of carbonyl (C=O) groups is 1. The number of nitrogens with zero attached hydrogens (tertiary/aromatic N) is 1. The van der Waals surface area contributed by atoms with Crippen LogP contribution in [0.4, 0.5) is 10.5 Å². The van der Waals surface area contributed by atoms with Crippen LogP contribution in [-0.2, 0) is 0 Å². The SMILES string of the molecule is N#Cc1ccc(NC(=O)NCCC2CCNC2)cc1. The number of hydrogen-bond acceptors (Lipinski definition) is 3. The van der Waals surface area contributed by atoms with Gasteiger partial charge in [0.15, 0.2) is 0 Å². The molecule has 1 unspecified atom stereocenters. The fraction of sp³-hybridized carbons (Fsp3) is 0.429. The summed E-state index contributed by atoms with van der Waals surface area (Å²) in [5.41, 5.74) is 1.28. The van der Waals surface area contributed by atoms with E-state index in [4.69, 9.17) is 5.26 Å². The number of carbonyl (C=O) groups excluding carboxylic acids is 1. The molecular formula is C14H18N4O. The second kappa shape index (κ2) is 6.76. The molecule has 0 aliphatic carbocycles. The van der Waals surface area contributed by atoms with E-state index >= 15 is 0 Å². The van der Waals surface area contributed by atoms with Gasteiger partial charge in [0.1, 0.15) is 0 Å². The number of rotatable bonds is 4. The number of hydrogen-bond donors (Lipinski definition) is 3. The van der Waals surface area contributed by atoms with Crippen LogP contribution in [0.1, 0.15) is 18.4 Å². The van der Waals surface area contributed by atoms with E-state index in [2.05, 4.69) is 16.0 Å². The molecule has 1 fully saturated rings. The first kappa shape index (κ1) is 13.4. The maximum absolute atomic E-state index is 11.6. The van der Waals surface area contributed by atoms with Crippen molar-refractivity contribution in [3.63, 3.8) is 0 Å². The van der Waals surface area contributed by atoms with E-state index in [1.54, 1.807) is 24.3 Å². The first-order valence-corrected chi connectivity index (χ1v) is 6.53. The lowest BCUT2D eigenvalue weighted by Crippen LogP contribution is -2.30. The molecule has 5 heteroatoms. The van der Waals surface area contributed by atoms with Gasteiger partial charge in [0.2, 0.25) is 0 Å². The van der Waals surface area contributed by atoms with Crippen LogP contribution in [0.25, 0.3) is 0 Å². The largest absolute Gasteiger partial charge is 0.338 e. The molecule has 3 N–H and O–H groups in total. The Kier molecular flexibility index (Phi) is 4.76. The summed E-state index contributed by atoms with van der Waals surface area (Å²) in [6, 6.07) is 8.64. The summed E-state index contributed by atoms with van der Waals surface area (Å²) in [5, 5.41) is 17.6. The Balaban J connectivity index is 1.69. The van der Waals surface area contributed by atoms with Crippen LogP contribution in [0.2, 0.25) is 0 Å². The average Bonchev–Trinajstić information content (AvgIpc) is 2.93. The van der Waals surface area contributed by atoms with Crippen LogP contribution in [0, 0.1) is 17.2 Å². The normalized spacial score (nSPS) is 17.7. The van der Waals surface area contributed by atoms with Crippen molar-refractivity contribution in [2.24, 2.45) is 5.92 Å². The van der Waals surface area contributed by atoms with Crippen molar-refractivity contribution in [3.05, 3.63) is 29.8 Å². The van der Waals surface area contributed by atoms with Crippen molar-refractivity contribution in [1.29, 1.82) is 5.26 Å². The Morgan fingerprint density at radius 2 is 2.21 bits per heavy atom. The summed E-state index contributed by atoms with van der Waals surface area (Å²) in [6.45, 7) is 2.83. The van der Waals surface area contributed by atoms with Crippen LogP contribution < -0.4 is 16.0 Å². The molecule has 5 nitrogen and oxygen atoms in total. The van der Waals surface area contributed by atoms with Gasteiger partial charge < -0.3 is 16.0 Å². The second-order valence-corrected chi connectivity index (χ2v) is 4.72. The maximum Gasteiger partial charge on any atom is 0.319 e. The number of amides is 2. The molecule has 0 bridgehead atoms. The first-order valence-electron chi connectivity index (χ1n) is 6.53. The molecular weight excluding hydrogens is 240 g/mol. The van der Waals surface area contributed by atoms with Gasteiger partial charge in [-0.1, -0.05) is 0 Å². The van der Waals surface area contributed by atoms with Crippen molar-refractivity contribution in [2.75, 3.05) is 25.0 Å². The minimum Gasteiger partial charge on any atom is -0.338 e. The number of benzene rings is 1.